The number of hydrogen-bond acceptors (Lipinski definition) is 10. The molecule has 0 saturated heterocycles. The van der Waals surface area contributed by atoms with Crippen LogP contribution >= 0.6 is 7.82 Å². The highest BCUT2D eigenvalue weighted by Crippen LogP contribution is 2.62. The third-order valence-electron chi connectivity index (χ3n) is 9.13. The number of carbonyl (C=O) groups excluding carboxylic acids is 3. The molecule has 0 amide bonds. The number of benzene rings is 1. The Morgan fingerprint density at radius 2 is 1.84 bits per heavy atom. The first kappa shape index (κ1) is 33.7. The number of esters is 3. The van der Waals surface area contributed by atoms with E-state index in [4.69, 9.17) is 27.8 Å². The number of cyclic esters (lactones) is 1. The van der Waals surface area contributed by atoms with Crippen LogP contribution in [0.2, 0.25) is 0 Å². The summed E-state index contributed by atoms with van der Waals surface area (Å²) in [5.74, 6) is -1.48. The molecule has 0 radical (unpaired) electrons. The molecule has 0 N–H and O–H groups in total. The number of ether oxygens (including phenoxy) is 3. The smallest absolute Gasteiger partial charge is 0.465 e. The van der Waals surface area contributed by atoms with Crippen molar-refractivity contribution in [3.05, 3.63) is 65.8 Å². The highest BCUT2D eigenvalue weighted by Gasteiger charge is 2.59. The summed E-state index contributed by atoms with van der Waals surface area (Å²) < 4.78 is 46.2. The van der Waals surface area contributed by atoms with E-state index in [-0.39, 0.29) is 61.0 Å². The zero-order chi connectivity index (χ0) is 32.1. The largest absolute Gasteiger partial charge is 0.530 e. The van der Waals surface area contributed by atoms with Crippen LogP contribution < -0.4 is 4.52 Å². The highest BCUT2D eigenvalue weighted by molar-refractivity contribution is 7.48. The van der Waals surface area contributed by atoms with Crippen molar-refractivity contribution < 1.29 is 46.7 Å². The van der Waals surface area contributed by atoms with Gasteiger partial charge in [0.2, 0.25) is 0 Å². The van der Waals surface area contributed by atoms with Crippen LogP contribution in [0.1, 0.15) is 70.7 Å². The monoisotopic (exact) mass is 630 g/mol. The molecule has 0 aromatic heterocycles. The van der Waals surface area contributed by atoms with Crippen molar-refractivity contribution in [2.45, 2.75) is 66.4 Å². The summed E-state index contributed by atoms with van der Waals surface area (Å²) in [6, 6.07) is 6.35. The molecule has 0 bridgehead atoms. The Hall–Kier alpha value is -3.20. The van der Waals surface area contributed by atoms with Crippen molar-refractivity contribution >= 4 is 25.7 Å². The van der Waals surface area contributed by atoms with Crippen LogP contribution in [0.4, 0.5) is 0 Å². The molecule has 10 nitrogen and oxygen atoms in total. The first-order valence-electron chi connectivity index (χ1n) is 15.1. The zero-order valence-corrected chi connectivity index (χ0v) is 27.1. The third-order valence-corrected chi connectivity index (χ3v) is 10.7. The predicted molar refractivity (Wildman–Crippen MR) is 163 cm³/mol. The number of para-hydroxylation sites is 1. The van der Waals surface area contributed by atoms with Crippen molar-refractivity contribution in [3.8, 4) is 5.75 Å². The van der Waals surface area contributed by atoms with E-state index in [0.717, 1.165) is 18.4 Å². The lowest BCUT2D eigenvalue weighted by atomic mass is 9.46. The van der Waals surface area contributed by atoms with Crippen LogP contribution in [0, 0.1) is 22.7 Å². The van der Waals surface area contributed by atoms with Crippen LogP contribution in [0.15, 0.2) is 60.2 Å². The zero-order valence-electron chi connectivity index (χ0n) is 26.2. The second kappa shape index (κ2) is 13.8. The van der Waals surface area contributed by atoms with Crippen LogP contribution in [0.5, 0.6) is 5.75 Å². The average molecular weight is 631 g/mol. The number of phosphoric ester groups is 1. The Kier molecular flexibility index (Phi) is 10.6. The minimum Gasteiger partial charge on any atom is -0.465 e. The molecule has 4 rings (SSSR count). The summed E-state index contributed by atoms with van der Waals surface area (Å²) in [7, 11) is -3.97. The normalized spacial score (nSPS) is 28.7. The van der Waals surface area contributed by atoms with Gasteiger partial charge in [0.15, 0.2) is 0 Å². The molecule has 1 aromatic carbocycles. The molecule has 2 fully saturated rings. The van der Waals surface area contributed by atoms with E-state index >= 15 is 0 Å². The first-order chi connectivity index (χ1) is 20.9. The topological polar surface area (TPSA) is 124 Å². The van der Waals surface area contributed by atoms with Crippen LogP contribution in [0.25, 0.3) is 0 Å². The van der Waals surface area contributed by atoms with Crippen molar-refractivity contribution in [1.82, 2.24) is 0 Å². The van der Waals surface area contributed by atoms with Crippen molar-refractivity contribution in [1.29, 1.82) is 0 Å². The van der Waals surface area contributed by atoms with Crippen LogP contribution in [0.3, 0.4) is 0 Å². The molecule has 240 valence electrons. The lowest BCUT2D eigenvalue weighted by molar-refractivity contribution is -0.171. The minimum absolute atomic E-state index is 0.0176. The third kappa shape index (κ3) is 7.03. The number of hydrogen-bond donors (Lipinski definition) is 0. The fraction of sp³-hybridized carbons (Fsp3) is 0.545. The Balaban J connectivity index is 1.63. The van der Waals surface area contributed by atoms with Gasteiger partial charge in [0.05, 0.1) is 18.8 Å². The molecule has 2 aliphatic carbocycles. The van der Waals surface area contributed by atoms with E-state index in [1.54, 1.807) is 32.1 Å². The highest BCUT2D eigenvalue weighted by atomic mass is 31.2. The maximum Gasteiger partial charge on any atom is 0.530 e. The van der Waals surface area contributed by atoms with E-state index in [2.05, 4.69) is 13.5 Å². The van der Waals surface area contributed by atoms with Crippen molar-refractivity contribution in [3.63, 3.8) is 0 Å². The van der Waals surface area contributed by atoms with Gasteiger partial charge in [-0.15, -0.1) is 0 Å². The predicted octanol–water partition coefficient (Wildman–Crippen LogP) is 6.76. The standard InChI is InChI=1S/C33H43O10P/c1-7-40-44(37,41-8-2)43-27-12-10-9-11-25(27)31(36)42-29-17-19-32(5)26(15-14-24-18-20-38-30(24)35)22(3)13-16-28(32)33(29,6)21-39-23(4)34/h9-12,14-15,18,26,28-29H,3,7-8,13,16-17,19-21H2,1-2,4-6H3/b15-14+/t26?,28?,29-,32-,33+/m1/s1. The van der Waals surface area contributed by atoms with Gasteiger partial charge < -0.3 is 18.7 Å². The molecule has 2 saturated carbocycles. The van der Waals surface area contributed by atoms with Crippen molar-refractivity contribution in [2.24, 2.45) is 22.7 Å². The summed E-state index contributed by atoms with van der Waals surface area (Å²) in [6.45, 7) is 13.8. The molecule has 44 heavy (non-hydrogen) atoms. The number of carbonyl (C=O) groups is 3. The Labute approximate surface area is 259 Å². The van der Waals surface area contributed by atoms with Crippen LogP contribution in [-0.2, 0) is 37.4 Å². The second-order valence-electron chi connectivity index (χ2n) is 11.9. The summed E-state index contributed by atoms with van der Waals surface area (Å²) in [4.78, 5) is 37.8. The van der Waals surface area contributed by atoms with Gasteiger partial charge in [0.1, 0.15) is 30.6 Å². The van der Waals surface area contributed by atoms with E-state index < -0.39 is 31.3 Å². The molecule has 2 unspecified atom stereocenters. The van der Waals surface area contributed by atoms with Crippen molar-refractivity contribution in [2.75, 3.05) is 26.4 Å². The van der Waals surface area contributed by atoms with E-state index in [1.807, 2.05) is 19.1 Å². The number of allylic oxidation sites excluding steroid dienone is 2. The van der Waals surface area contributed by atoms with Gasteiger partial charge >= 0.3 is 25.7 Å². The molecule has 11 heteroatoms. The Morgan fingerprint density at radius 1 is 1.14 bits per heavy atom. The van der Waals surface area contributed by atoms with Gasteiger partial charge in [0.25, 0.3) is 0 Å². The Morgan fingerprint density at radius 3 is 2.48 bits per heavy atom. The summed E-state index contributed by atoms with van der Waals surface area (Å²) >= 11 is 0. The molecular weight excluding hydrogens is 587 g/mol. The molecule has 3 aliphatic rings. The number of phosphoric acid groups is 1. The van der Waals surface area contributed by atoms with E-state index in [1.165, 1.54) is 19.1 Å². The lowest BCUT2D eigenvalue weighted by Crippen LogP contribution is -2.58. The van der Waals surface area contributed by atoms with Gasteiger partial charge in [0, 0.05) is 18.3 Å². The van der Waals surface area contributed by atoms with Gasteiger partial charge in [-0.1, -0.05) is 50.3 Å². The molecule has 1 aliphatic heterocycles. The first-order valence-corrected chi connectivity index (χ1v) is 16.6. The quantitative estimate of drug-likeness (QED) is 0.106. The lowest BCUT2D eigenvalue weighted by Gasteiger charge is -2.59. The fourth-order valence-electron chi connectivity index (χ4n) is 7.05. The molecule has 5 atom stereocenters. The van der Waals surface area contributed by atoms with Gasteiger partial charge in [-0.3, -0.25) is 13.8 Å². The maximum atomic E-state index is 13.7. The Bertz CT molecular complexity index is 1370. The van der Waals surface area contributed by atoms with E-state index in [0.29, 0.717) is 18.4 Å². The summed E-state index contributed by atoms with van der Waals surface area (Å²) in [5.41, 5.74) is 0.609. The van der Waals surface area contributed by atoms with Gasteiger partial charge in [-0.2, -0.15) is 0 Å². The molecule has 0 spiro atoms. The second-order valence-corrected chi connectivity index (χ2v) is 13.5. The number of fused-ring (bicyclic) bond motifs is 1. The molecule has 1 aromatic rings. The van der Waals surface area contributed by atoms with Gasteiger partial charge in [-0.05, 0) is 69.1 Å². The maximum absolute atomic E-state index is 13.7. The SMILES string of the molecule is C=C1CCC2[C@](C)(CC[C@@H](OC(=O)c3ccccc3OP(=O)(OCC)OCC)[C@@]2(C)COC(C)=O)C1/C=C/C1=CCOC1=O. The number of rotatable bonds is 12. The fourth-order valence-corrected chi connectivity index (χ4v) is 8.26. The van der Waals surface area contributed by atoms with Crippen LogP contribution in [-0.4, -0.2) is 50.4 Å². The summed E-state index contributed by atoms with van der Waals surface area (Å²) in [6.07, 6.45) is 7.70. The molecular formula is C33H43O10P. The minimum atomic E-state index is -3.97. The molecule has 1 heterocycles. The summed E-state index contributed by atoms with van der Waals surface area (Å²) in [5, 5.41) is 0. The van der Waals surface area contributed by atoms with E-state index in [9.17, 15) is 18.9 Å². The average Bonchev–Trinajstić information content (AvgIpc) is 3.38. The van der Waals surface area contributed by atoms with Gasteiger partial charge in [-0.25, -0.2) is 14.2 Å².